The Morgan fingerprint density at radius 2 is 2.04 bits per heavy atom. The maximum Gasteiger partial charge on any atom is 0.277 e. The summed E-state index contributed by atoms with van der Waals surface area (Å²) in [7, 11) is 1.62. The Morgan fingerprint density at radius 1 is 1.26 bits per heavy atom. The average Bonchev–Trinajstić information content (AvgIpc) is 2.54. The highest BCUT2D eigenvalue weighted by Crippen LogP contribution is 2.20. The van der Waals surface area contributed by atoms with Gasteiger partial charge in [-0.1, -0.05) is 18.2 Å². The molecule has 1 N–H and O–H groups in total. The number of para-hydroxylation sites is 1. The highest BCUT2D eigenvalue weighted by atomic mass is 127. The van der Waals surface area contributed by atoms with Gasteiger partial charge in [0.2, 0.25) is 0 Å². The molecule has 0 spiro atoms. The van der Waals surface area contributed by atoms with E-state index in [0.29, 0.717) is 5.75 Å². The summed E-state index contributed by atoms with van der Waals surface area (Å²) in [6.07, 6.45) is 1.58. The predicted octanol–water partition coefficient (Wildman–Crippen LogP) is 3.14. The monoisotopic (exact) mass is 424 g/mol. The van der Waals surface area contributed by atoms with Gasteiger partial charge in [0.1, 0.15) is 11.5 Å². The van der Waals surface area contributed by atoms with Crippen LogP contribution in [0.4, 0.5) is 0 Å². The van der Waals surface area contributed by atoms with Gasteiger partial charge in [-0.3, -0.25) is 4.79 Å². The van der Waals surface area contributed by atoms with Crippen molar-refractivity contribution in [2.75, 3.05) is 13.7 Å². The lowest BCUT2D eigenvalue weighted by atomic mass is 10.2. The van der Waals surface area contributed by atoms with Crippen LogP contribution in [-0.2, 0) is 4.79 Å². The molecule has 0 aliphatic rings. The molecule has 0 heterocycles. The largest absolute Gasteiger partial charge is 0.496 e. The molecular weight excluding hydrogens is 407 g/mol. The van der Waals surface area contributed by atoms with Crippen LogP contribution in [0.1, 0.15) is 11.1 Å². The molecule has 2 rings (SSSR count). The number of amides is 1. The average molecular weight is 424 g/mol. The first-order chi connectivity index (χ1) is 11.1. The fourth-order valence-electron chi connectivity index (χ4n) is 1.84. The van der Waals surface area contributed by atoms with E-state index in [1.54, 1.807) is 13.3 Å². The third-order valence-electron chi connectivity index (χ3n) is 3.03. The van der Waals surface area contributed by atoms with E-state index < -0.39 is 0 Å². The first-order valence-corrected chi connectivity index (χ1v) is 8.02. The molecular formula is C17H17IN2O3. The summed E-state index contributed by atoms with van der Waals surface area (Å²) < 4.78 is 11.6. The summed E-state index contributed by atoms with van der Waals surface area (Å²) in [5.41, 5.74) is 4.29. The highest BCUT2D eigenvalue weighted by molar-refractivity contribution is 14.1. The van der Waals surface area contributed by atoms with Gasteiger partial charge in [0.25, 0.3) is 5.91 Å². The Kier molecular flexibility index (Phi) is 6.40. The minimum absolute atomic E-state index is 0.0810. The van der Waals surface area contributed by atoms with Gasteiger partial charge in [0, 0.05) is 0 Å². The van der Waals surface area contributed by atoms with Gasteiger partial charge in [0.05, 0.1) is 16.9 Å². The Labute approximate surface area is 148 Å². The van der Waals surface area contributed by atoms with Crippen molar-refractivity contribution in [2.45, 2.75) is 6.92 Å². The molecule has 2 aromatic rings. The summed E-state index contributed by atoms with van der Waals surface area (Å²) in [6, 6.07) is 13.2. The Hall–Kier alpha value is -2.09. The minimum Gasteiger partial charge on any atom is -0.496 e. The number of rotatable bonds is 6. The van der Waals surface area contributed by atoms with Crippen molar-refractivity contribution in [3.8, 4) is 11.5 Å². The molecule has 0 aromatic heterocycles. The summed E-state index contributed by atoms with van der Waals surface area (Å²) in [4.78, 5) is 11.7. The minimum atomic E-state index is -0.312. The van der Waals surface area contributed by atoms with Crippen LogP contribution in [0.25, 0.3) is 0 Å². The van der Waals surface area contributed by atoms with Crippen LogP contribution in [0.5, 0.6) is 11.5 Å². The number of halogens is 1. The van der Waals surface area contributed by atoms with Crippen molar-refractivity contribution in [3.63, 3.8) is 0 Å². The van der Waals surface area contributed by atoms with Crippen molar-refractivity contribution < 1.29 is 14.3 Å². The Morgan fingerprint density at radius 3 is 2.74 bits per heavy atom. The maximum atomic E-state index is 11.7. The smallest absolute Gasteiger partial charge is 0.277 e. The van der Waals surface area contributed by atoms with Crippen LogP contribution in [0.3, 0.4) is 0 Å². The van der Waals surface area contributed by atoms with Crippen LogP contribution in [0.15, 0.2) is 47.6 Å². The Balaban J connectivity index is 1.84. The molecule has 0 bridgehead atoms. The number of methoxy groups -OCH3 is 1. The quantitative estimate of drug-likeness (QED) is 0.441. The number of benzene rings is 2. The van der Waals surface area contributed by atoms with Crippen molar-refractivity contribution in [1.29, 1.82) is 0 Å². The number of hydrogen-bond acceptors (Lipinski definition) is 4. The second-order valence-electron chi connectivity index (χ2n) is 4.74. The number of ether oxygens (including phenoxy) is 2. The molecule has 0 radical (unpaired) electrons. The molecule has 2 aromatic carbocycles. The molecule has 5 nitrogen and oxygen atoms in total. The number of carbonyl (C=O) groups is 1. The van der Waals surface area contributed by atoms with Crippen LogP contribution in [-0.4, -0.2) is 25.8 Å². The van der Waals surface area contributed by atoms with E-state index in [0.717, 1.165) is 20.4 Å². The zero-order valence-corrected chi connectivity index (χ0v) is 15.0. The summed E-state index contributed by atoms with van der Waals surface area (Å²) in [5.74, 6) is 1.18. The molecule has 0 unspecified atom stereocenters. The Bertz CT molecular complexity index is 717. The molecule has 23 heavy (non-hydrogen) atoms. The third-order valence-corrected chi connectivity index (χ3v) is 3.87. The lowest BCUT2D eigenvalue weighted by molar-refractivity contribution is -0.123. The van der Waals surface area contributed by atoms with Gasteiger partial charge >= 0.3 is 0 Å². The molecule has 0 atom stereocenters. The van der Waals surface area contributed by atoms with Gasteiger partial charge in [-0.25, -0.2) is 5.43 Å². The molecule has 0 saturated carbocycles. The SMILES string of the molecule is COc1ccc(/C=N\NC(=O)COc2ccccc2C)cc1I. The van der Waals surface area contributed by atoms with Crippen LogP contribution < -0.4 is 14.9 Å². The van der Waals surface area contributed by atoms with Crippen LogP contribution >= 0.6 is 22.6 Å². The van der Waals surface area contributed by atoms with Gasteiger partial charge < -0.3 is 9.47 Å². The summed E-state index contributed by atoms with van der Waals surface area (Å²) in [6.45, 7) is 1.85. The van der Waals surface area contributed by atoms with E-state index in [1.807, 2.05) is 49.4 Å². The van der Waals surface area contributed by atoms with E-state index >= 15 is 0 Å². The molecule has 0 aliphatic heterocycles. The lowest BCUT2D eigenvalue weighted by Gasteiger charge is -2.07. The number of aryl methyl sites for hydroxylation is 1. The predicted molar refractivity (Wildman–Crippen MR) is 98.1 cm³/mol. The van der Waals surface area contributed by atoms with E-state index in [4.69, 9.17) is 9.47 Å². The van der Waals surface area contributed by atoms with Crippen LogP contribution in [0, 0.1) is 10.5 Å². The maximum absolute atomic E-state index is 11.7. The van der Waals surface area contributed by atoms with Crippen molar-refractivity contribution >= 4 is 34.7 Å². The lowest BCUT2D eigenvalue weighted by Crippen LogP contribution is -2.24. The number of hydrazone groups is 1. The zero-order valence-electron chi connectivity index (χ0n) is 12.9. The fraction of sp³-hybridized carbons (Fsp3) is 0.176. The normalized spacial score (nSPS) is 10.6. The molecule has 0 saturated heterocycles. The molecule has 6 heteroatoms. The third kappa shape index (κ3) is 5.24. The second-order valence-corrected chi connectivity index (χ2v) is 5.90. The summed E-state index contributed by atoms with van der Waals surface area (Å²) in [5, 5.41) is 3.92. The summed E-state index contributed by atoms with van der Waals surface area (Å²) >= 11 is 2.18. The molecule has 0 fully saturated rings. The number of carbonyl (C=O) groups excluding carboxylic acids is 1. The molecule has 120 valence electrons. The number of nitrogens with zero attached hydrogens (tertiary/aromatic N) is 1. The van der Waals surface area contributed by atoms with Gasteiger partial charge in [-0.15, -0.1) is 0 Å². The van der Waals surface area contributed by atoms with Gasteiger partial charge in [-0.2, -0.15) is 5.10 Å². The van der Waals surface area contributed by atoms with Gasteiger partial charge in [-0.05, 0) is 64.9 Å². The highest BCUT2D eigenvalue weighted by Gasteiger charge is 2.03. The molecule has 0 aliphatic carbocycles. The van der Waals surface area contributed by atoms with E-state index in [9.17, 15) is 4.79 Å². The van der Waals surface area contributed by atoms with Crippen molar-refractivity contribution in [1.82, 2.24) is 5.43 Å². The topological polar surface area (TPSA) is 59.9 Å². The standard InChI is InChI=1S/C17H17IN2O3/c1-12-5-3-4-6-15(12)23-11-17(21)20-19-10-13-7-8-16(22-2)14(18)9-13/h3-10H,11H2,1-2H3,(H,20,21)/b19-10-. The second kappa shape index (κ2) is 8.52. The first kappa shape index (κ1) is 17.3. The van der Waals surface area contributed by atoms with E-state index in [1.165, 1.54) is 0 Å². The van der Waals surface area contributed by atoms with Crippen LogP contribution in [0.2, 0.25) is 0 Å². The number of hydrogen-bond donors (Lipinski definition) is 1. The molecule has 1 amide bonds. The van der Waals surface area contributed by atoms with E-state index in [-0.39, 0.29) is 12.5 Å². The van der Waals surface area contributed by atoms with E-state index in [2.05, 4.69) is 33.1 Å². The first-order valence-electron chi connectivity index (χ1n) is 6.94. The van der Waals surface area contributed by atoms with Crippen molar-refractivity contribution in [3.05, 3.63) is 57.2 Å². The van der Waals surface area contributed by atoms with Gasteiger partial charge in [0.15, 0.2) is 6.61 Å². The fourth-order valence-corrected chi connectivity index (χ4v) is 2.60. The number of nitrogens with one attached hydrogen (secondary N) is 1. The zero-order chi connectivity index (χ0) is 16.7. The van der Waals surface area contributed by atoms with Crippen molar-refractivity contribution in [2.24, 2.45) is 5.10 Å².